The summed E-state index contributed by atoms with van der Waals surface area (Å²) in [5, 5.41) is 37.5. The number of halogens is 2. The largest absolute Gasteiger partial charge is 0.271 e. The summed E-state index contributed by atoms with van der Waals surface area (Å²) in [6.45, 7) is 0. The fraction of sp³-hybridized carbons (Fsp3) is 0. The number of nitrogens with one attached hydrogen (secondary N) is 2. The normalized spacial score (nSPS) is 11.1. The van der Waals surface area contributed by atoms with Crippen molar-refractivity contribution in [1.29, 1.82) is 0 Å². The topological polar surface area (TPSA) is 160 Å². The summed E-state index contributed by atoms with van der Waals surface area (Å²) in [7, 11) is 0. The third-order valence-corrected chi connectivity index (χ3v) is 5.67. The highest BCUT2D eigenvalue weighted by Crippen LogP contribution is 2.30. The third kappa shape index (κ3) is 6.63. The van der Waals surface area contributed by atoms with Crippen LogP contribution in [0.3, 0.4) is 0 Å². The van der Waals surface area contributed by atoms with E-state index < -0.39 is 9.85 Å². The van der Waals surface area contributed by atoms with Gasteiger partial charge in [-0.15, -0.1) is 10.2 Å². The van der Waals surface area contributed by atoms with Gasteiger partial charge in [-0.1, -0.05) is 57.9 Å². The van der Waals surface area contributed by atoms with E-state index in [1.165, 1.54) is 36.4 Å². The highest BCUT2D eigenvalue weighted by molar-refractivity contribution is 6.33. The number of rotatable bonds is 9. The average Bonchev–Trinajstić information content (AvgIpc) is 2.91. The molecule has 14 heteroatoms. The Kier molecular flexibility index (Phi) is 8.16. The zero-order valence-electron chi connectivity index (χ0n) is 19.2. The van der Waals surface area contributed by atoms with E-state index in [1.807, 2.05) is 48.5 Å². The van der Waals surface area contributed by atoms with Crippen LogP contribution in [-0.2, 0) is 0 Å². The molecule has 0 bridgehead atoms. The minimum absolute atomic E-state index is 0.120. The Labute approximate surface area is 224 Å². The first-order valence-electron chi connectivity index (χ1n) is 10.7. The second-order valence-electron chi connectivity index (χ2n) is 7.56. The fourth-order valence-corrected chi connectivity index (χ4v) is 3.55. The zero-order valence-corrected chi connectivity index (χ0v) is 20.7. The summed E-state index contributed by atoms with van der Waals surface area (Å²) in [5.41, 5.74) is 9.18. The van der Waals surface area contributed by atoms with Crippen molar-refractivity contribution >= 4 is 57.3 Å². The highest BCUT2D eigenvalue weighted by atomic mass is 35.5. The quantitative estimate of drug-likeness (QED) is 0.120. The van der Waals surface area contributed by atoms with Crippen LogP contribution >= 0.6 is 23.2 Å². The molecule has 0 aliphatic rings. The summed E-state index contributed by atoms with van der Waals surface area (Å²) in [6, 6.07) is 22.7. The van der Waals surface area contributed by atoms with Gasteiger partial charge in [-0.05, 0) is 47.5 Å². The van der Waals surface area contributed by atoms with Crippen LogP contribution < -0.4 is 10.9 Å². The van der Waals surface area contributed by atoms with Gasteiger partial charge in [0.15, 0.2) is 0 Å². The van der Waals surface area contributed by atoms with E-state index in [0.717, 1.165) is 11.1 Å². The molecule has 4 rings (SSSR count). The van der Waals surface area contributed by atoms with Crippen LogP contribution in [-0.4, -0.2) is 9.85 Å². The Bertz CT molecular complexity index is 1430. The molecule has 0 saturated carbocycles. The van der Waals surface area contributed by atoms with Gasteiger partial charge in [0.25, 0.3) is 11.4 Å². The molecular weight excluding hydrogens is 535 g/mol. The summed E-state index contributed by atoms with van der Waals surface area (Å²) >= 11 is 12.0. The van der Waals surface area contributed by atoms with Crippen molar-refractivity contribution in [3.05, 3.63) is 115 Å². The van der Waals surface area contributed by atoms with E-state index in [9.17, 15) is 20.2 Å². The lowest BCUT2D eigenvalue weighted by atomic mass is 10.1. The van der Waals surface area contributed by atoms with E-state index in [-0.39, 0.29) is 21.4 Å². The predicted octanol–water partition coefficient (Wildman–Crippen LogP) is 8.70. The first-order valence-corrected chi connectivity index (χ1v) is 11.5. The van der Waals surface area contributed by atoms with Crippen molar-refractivity contribution < 1.29 is 9.85 Å². The maximum absolute atomic E-state index is 10.8. The maximum atomic E-state index is 10.8. The van der Waals surface area contributed by atoms with Gasteiger partial charge < -0.3 is 0 Å². The molecule has 38 heavy (non-hydrogen) atoms. The van der Waals surface area contributed by atoms with Crippen molar-refractivity contribution in [2.45, 2.75) is 0 Å². The van der Waals surface area contributed by atoms with Crippen LogP contribution in [0.4, 0.5) is 34.1 Å². The first kappa shape index (κ1) is 26.1. The lowest BCUT2D eigenvalue weighted by Crippen LogP contribution is -1.89. The second kappa shape index (κ2) is 11.9. The molecule has 190 valence electrons. The minimum Gasteiger partial charge on any atom is -0.260 e. The number of benzene rings is 4. The second-order valence-corrected chi connectivity index (χ2v) is 8.38. The molecule has 0 aliphatic carbocycles. The van der Waals surface area contributed by atoms with Gasteiger partial charge in [-0.25, -0.2) is 0 Å². The molecular formula is C24H16Cl2N8O4. The van der Waals surface area contributed by atoms with Crippen LogP contribution in [0.5, 0.6) is 0 Å². The van der Waals surface area contributed by atoms with Crippen molar-refractivity contribution in [3.8, 4) is 11.1 Å². The number of nitro benzene ring substituents is 2. The molecule has 2 N–H and O–H groups in total. The molecule has 0 fully saturated rings. The Balaban J connectivity index is 1.33. The van der Waals surface area contributed by atoms with E-state index in [2.05, 4.69) is 31.5 Å². The van der Waals surface area contributed by atoms with Gasteiger partial charge in [-0.3, -0.25) is 31.1 Å². The predicted molar refractivity (Wildman–Crippen MR) is 144 cm³/mol. The fourth-order valence-electron chi connectivity index (χ4n) is 3.13. The molecule has 4 aromatic carbocycles. The molecule has 0 heterocycles. The van der Waals surface area contributed by atoms with Gasteiger partial charge in [0.2, 0.25) is 0 Å². The monoisotopic (exact) mass is 550 g/mol. The van der Waals surface area contributed by atoms with E-state index in [4.69, 9.17) is 23.2 Å². The number of hydrogen-bond donors (Lipinski definition) is 2. The van der Waals surface area contributed by atoms with Crippen molar-refractivity contribution in [3.63, 3.8) is 0 Å². The zero-order chi connectivity index (χ0) is 27.1. The Hall–Kier alpha value is -4.94. The molecule has 0 aliphatic heterocycles. The number of nitro groups is 2. The standard InChI is InChI=1S/C24H16Cl2N8O4/c25-21-13-19(33(35)36)9-11-23(21)29-31-27-17-5-1-15(2-6-17)16-3-7-18(8-4-16)28-32-30-24-12-10-20(34(37)38)14-22(24)26/h1-14H,(H,27,29)(H,28,30). The van der Waals surface area contributed by atoms with E-state index >= 15 is 0 Å². The van der Waals surface area contributed by atoms with Crippen molar-refractivity contribution in [2.24, 2.45) is 20.7 Å². The molecule has 0 atom stereocenters. The number of hydrogen-bond acceptors (Lipinski definition) is 8. The molecule has 0 radical (unpaired) electrons. The summed E-state index contributed by atoms with van der Waals surface area (Å²) in [5.74, 6) is 0. The summed E-state index contributed by atoms with van der Waals surface area (Å²) in [4.78, 5) is 20.5. The lowest BCUT2D eigenvalue weighted by molar-refractivity contribution is -0.385. The molecule has 0 unspecified atom stereocenters. The smallest absolute Gasteiger partial charge is 0.260 e. The first-order chi connectivity index (χ1) is 18.3. The van der Waals surface area contributed by atoms with Crippen LogP contribution in [0.25, 0.3) is 11.1 Å². The van der Waals surface area contributed by atoms with Gasteiger partial charge >= 0.3 is 0 Å². The van der Waals surface area contributed by atoms with E-state index in [0.29, 0.717) is 22.7 Å². The Morgan fingerprint density at radius 3 is 1.26 bits per heavy atom. The minimum atomic E-state index is -0.539. The Morgan fingerprint density at radius 2 is 0.947 bits per heavy atom. The molecule has 0 amide bonds. The van der Waals surface area contributed by atoms with Gasteiger partial charge in [0, 0.05) is 24.3 Å². The molecule has 0 spiro atoms. The highest BCUT2D eigenvalue weighted by Gasteiger charge is 2.10. The van der Waals surface area contributed by atoms with E-state index in [1.54, 1.807) is 0 Å². The van der Waals surface area contributed by atoms with Crippen molar-refractivity contribution in [1.82, 2.24) is 0 Å². The van der Waals surface area contributed by atoms with Crippen LogP contribution in [0.1, 0.15) is 0 Å². The number of non-ortho nitro benzene ring substituents is 2. The molecule has 0 saturated heterocycles. The van der Waals surface area contributed by atoms with Crippen LogP contribution in [0.2, 0.25) is 10.0 Å². The Morgan fingerprint density at radius 1 is 0.579 bits per heavy atom. The number of nitrogens with zero attached hydrogens (tertiary/aromatic N) is 6. The number of anilines is 2. The van der Waals surface area contributed by atoms with Crippen LogP contribution in [0, 0.1) is 20.2 Å². The summed E-state index contributed by atoms with van der Waals surface area (Å²) < 4.78 is 0. The van der Waals surface area contributed by atoms with Gasteiger partial charge in [0.1, 0.15) is 11.4 Å². The average molecular weight is 551 g/mol. The van der Waals surface area contributed by atoms with Crippen LogP contribution in [0.15, 0.2) is 106 Å². The maximum Gasteiger partial charge on any atom is 0.271 e. The molecule has 0 aromatic heterocycles. The summed E-state index contributed by atoms with van der Waals surface area (Å²) in [6.07, 6.45) is 0. The molecule has 12 nitrogen and oxygen atoms in total. The van der Waals surface area contributed by atoms with Crippen molar-refractivity contribution in [2.75, 3.05) is 10.9 Å². The van der Waals surface area contributed by atoms with Gasteiger partial charge in [0.05, 0.1) is 31.3 Å². The lowest BCUT2D eigenvalue weighted by Gasteiger charge is -2.05. The third-order valence-electron chi connectivity index (χ3n) is 5.06. The molecule has 4 aromatic rings. The van der Waals surface area contributed by atoms with Gasteiger partial charge in [-0.2, -0.15) is 0 Å². The SMILES string of the molecule is O=[N+]([O-])c1ccc(N=NNc2ccc(-c3ccc(NN=Nc4ccc([N+](=O)[O-])cc4Cl)cc3)cc2)c(Cl)c1.